The van der Waals surface area contributed by atoms with Crippen LogP contribution in [0.2, 0.25) is 0 Å². The van der Waals surface area contributed by atoms with Crippen LogP contribution in [0.5, 0.6) is 11.5 Å². The van der Waals surface area contributed by atoms with E-state index in [2.05, 4.69) is 28.6 Å². The summed E-state index contributed by atoms with van der Waals surface area (Å²) in [5.41, 5.74) is 1.19. The van der Waals surface area contributed by atoms with Gasteiger partial charge in [0.05, 0.1) is 14.2 Å². The molecule has 0 heterocycles. The Morgan fingerprint density at radius 3 is 2.54 bits per heavy atom. The highest BCUT2D eigenvalue weighted by molar-refractivity contribution is 5.79. The SMILES string of the molecule is CCNC(=NCCCOCC)NCCc1ccc(OC)c(OC)c1. The highest BCUT2D eigenvalue weighted by Gasteiger charge is 2.04. The third-order valence-electron chi connectivity index (χ3n) is 3.42. The van der Waals surface area contributed by atoms with Crippen LogP contribution in [0.3, 0.4) is 0 Å². The first-order valence-corrected chi connectivity index (χ1v) is 8.55. The molecule has 1 aromatic rings. The summed E-state index contributed by atoms with van der Waals surface area (Å²) in [5, 5.41) is 6.61. The molecule has 0 saturated carbocycles. The van der Waals surface area contributed by atoms with Crippen molar-refractivity contribution in [2.75, 3.05) is 47.1 Å². The molecule has 0 radical (unpaired) electrons. The van der Waals surface area contributed by atoms with E-state index in [9.17, 15) is 0 Å². The quantitative estimate of drug-likeness (QED) is 0.368. The minimum atomic E-state index is 0.749. The van der Waals surface area contributed by atoms with Crippen molar-refractivity contribution < 1.29 is 14.2 Å². The molecular weight excluding hydrogens is 306 g/mol. The van der Waals surface area contributed by atoms with E-state index in [1.807, 2.05) is 19.1 Å². The topological polar surface area (TPSA) is 64.1 Å². The molecule has 1 aromatic carbocycles. The van der Waals surface area contributed by atoms with Crippen LogP contribution in [0.1, 0.15) is 25.8 Å². The molecule has 2 N–H and O–H groups in total. The number of hydrogen-bond donors (Lipinski definition) is 2. The smallest absolute Gasteiger partial charge is 0.191 e. The van der Waals surface area contributed by atoms with Crippen molar-refractivity contribution >= 4 is 5.96 Å². The summed E-state index contributed by atoms with van der Waals surface area (Å²) >= 11 is 0. The van der Waals surface area contributed by atoms with Crippen LogP contribution >= 0.6 is 0 Å². The summed E-state index contributed by atoms with van der Waals surface area (Å²) in [4.78, 5) is 4.55. The Morgan fingerprint density at radius 2 is 1.88 bits per heavy atom. The largest absolute Gasteiger partial charge is 0.493 e. The number of aliphatic imine (C=N–C) groups is 1. The van der Waals surface area contributed by atoms with Crippen LogP contribution in [0.25, 0.3) is 0 Å². The lowest BCUT2D eigenvalue weighted by molar-refractivity contribution is 0.146. The molecule has 0 aliphatic rings. The zero-order chi connectivity index (χ0) is 17.6. The molecule has 0 saturated heterocycles. The maximum absolute atomic E-state index is 5.33. The molecule has 0 atom stereocenters. The van der Waals surface area contributed by atoms with Crippen molar-refractivity contribution in [2.24, 2.45) is 4.99 Å². The Morgan fingerprint density at radius 1 is 1.08 bits per heavy atom. The first-order valence-electron chi connectivity index (χ1n) is 8.55. The normalized spacial score (nSPS) is 11.2. The van der Waals surface area contributed by atoms with Gasteiger partial charge in [-0.15, -0.1) is 0 Å². The minimum absolute atomic E-state index is 0.749. The van der Waals surface area contributed by atoms with Crippen LogP contribution in [0.15, 0.2) is 23.2 Å². The van der Waals surface area contributed by atoms with Gasteiger partial charge in [0.1, 0.15) is 0 Å². The molecule has 6 heteroatoms. The van der Waals surface area contributed by atoms with Gasteiger partial charge in [-0.05, 0) is 44.4 Å². The maximum atomic E-state index is 5.33. The number of ether oxygens (including phenoxy) is 3. The average molecular weight is 337 g/mol. The number of benzene rings is 1. The summed E-state index contributed by atoms with van der Waals surface area (Å²) in [7, 11) is 3.29. The van der Waals surface area contributed by atoms with Crippen LogP contribution in [-0.2, 0) is 11.2 Å². The summed E-state index contributed by atoms with van der Waals surface area (Å²) in [5.74, 6) is 2.35. The Kier molecular flexibility index (Phi) is 10.4. The van der Waals surface area contributed by atoms with Crippen molar-refractivity contribution in [1.29, 1.82) is 0 Å². The van der Waals surface area contributed by atoms with Gasteiger partial charge in [-0.2, -0.15) is 0 Å². The Balaban J connectivity index is 2.45. The van der Waals surface area contributed by atoms with Gasteiger partial charge in [0, 0.05) is 32.8 Å². The number of nitrogens with one attached hydrogen (secondary N) is 2. The van der Waals surface area contributed by atoms with Crippen LogP contribution < -0.4 is 20.1 Å². The second kappa shape index (κ2) is 12.5. The van der Waals surface area contributed by atoms with Crippen molar-refractivity contribution in [2.45, 2.75) is 26.7 Å². The molecular formula is C18H31N3O3. The van der Waals surface area contributed by atoms with Crippen molar-refractivity contribution in [3.05, 3.63) is 23.8 Å². The molecule has 0 fully saturated rings. The second-order valence-corrected chi connectivity index (χ2v) is 5.18. The van der Waals surface area contributed by atoms with E-state index in [4.69, 9.17) is 14.2 Å². The molecule has 6 nitrogen and oxygen atoms in total. The molecule has 1 rings (SSSR count). The van der Waals surface area contributed by atoms with E-state index < -0.39 is 0 Å². The molecule has 24 heavy (non-hydrogen) atoms. The van der Waals surface area contributed by atoms with E-state index in [0.29, 0.717) is 0 Å². The average Bonchev–Trinajstić information content (AvgIpc) is 2.61. The summed E-state index contributed by atoms with van der Waals surface area (Å²) in [6.45, 7) is 7.97. The molecule has 0 amide bonds. The lowest BCUT2D eigenvalue weighted by atomic mass is 10.1. The number of guanidine groups is 1. The first-order chi connectivity index (χ1) is 11.7. The van der Waals surface area contributed by atoms with Gasteiger partial charge < -0.3 is 24.8 Å². The van der Waals surface area contributed by atoms with Crippen LogP contribution in [0.4, 0.5) is 0 Å². The zero-order valence-electron chi connectivity index (χ0n) is 15.4. The highest BCUT2D eigenvalue weighted by atomic mass is 16.5. The van der Waals surface area contributed by atoms with Crippen LogP contribution in [0, 0.1) is 0 Å². The number of hydrogen-bond acceptors (Lipinski definition) is 4. The lowest BCUT2D eigenvalue weighted by Crippen LogP contribution is -2.38. The third kappa shape index (κ3) is 7.55. The zero-order valence-corrected chi connectivity index (χ0v) is 15.4. The predicted octanol–water partition coefficient (Wildman–Crippen LogP) is 2.23. The van der Waals surface area contributed by atoms with Gasteiger partial charge in [-0.3, -0.25) is 4.99 Å². The molecule has 0 bridgehead atoms. The lowest BCUT2D eigenvalue weighted by Gasteiger charge is -2.12. The summed E-state index contributed by atoms with van der Waals surface area (Å²) in [6, 6.07) is 5.99. The van der Waals surface area contributed by atoms with Gasteiger partial charge in [0.25, 0.3) is 0 Å². The monoisotopic (exact) mass is 337 g/mol. The van der Waals surface area contributed by atoms with Gasteiger partial charge in [0.15, 0.2) is 17.5 Å². The molecule has 136 valence electrons. The summed E-state index contributed by atoms with van der Waals surface area (Å²) < 4.78 is 15.9. The molecule has 0 spiro atoms. The van der Waals surface area contributed by atoms with Crippen molar-refractivity contribution in [3.63, 3.8) is 0 Å². The molecule has 0 aliphatic heterocycles. The Hall–Kier alpha value is -1.95. The van der Waals surface area contributed by atoms with E-state index in [1.54, 1.807) is 14.2 Å². The highest BCUT2D eigenvalue weighted by Crippen LogP contribution is 2.27. The first kappa shape index (κ1) is 20.1. The standard InChI is InChI=1S/C18H31N3O3/c1-5-19-18(20-11-7-13-24-6-2)21-12-10-15-8-9-16(22-3)17(14-15)23-4/h8-9,14H,5-7,10-13H2,1-4H3,(H2,19,20,21). The molecule has 0 aromatic heterocycles. The van der Waals surface area contributed by atoms with Gasteiger partial charge in [-0.1, -0.05) is 6.07 Å². The number of nitrogens with zero attached hydrogens (tertiary/aromatic N) is 1. The van der Waals surface area contributed by atoms with E-state index in [1.165, 1.54) is 5.56 Å². The summed E-state index contributed by atoms with van der Waals surface area (Å²) in [6.07, 6.45) is 1.81. The van der Waals surface area contributed by atoms with Crippen LogP contribution in [-0.4, -0.2) is 53.0 Å². The molecule has 0 aliphatic carbocycles. The molecule has 0 unspecified atom stereocenters. The third-order valence-corrected chi connectivity index (χ3v) is 3.42. The minimum Gasteiger partial charge on any atom is -0.493 e. The predicted molar refractivity (Wildman–Crippen MR) is 98.3 cm³/mol. The van der Waals surface area contributed by atoms with Crippen molar-refractivity contribution in [1.82, 2.24) is 10.6 Å². The Labute approximate surface area is 145 Å². The van der Waals surface area contributed by atoms with Gasteiger partial charge >= 0.3 is 0 Å². The fraction of sp³-hybridized carbons (Fsp3) is 0.611. The van der Waals surface area contributed by atoms with Crippen molar-refractivity contribution in [3.8, 4) is 11.5 Å². The fourth-order valence-electron chi connectivity index (χ4n) is 2.20. The number of methoxy groups -OCH3 is 2. The fourth-order valence-corrected chi connectivity index (χ4v) is 2.20. The van der Waals surface area contributed by atoms with Gasteiger partial charge in [-0.25, -0.2) is 0 Å². The van der Waals surface area contributed by atoms with E-state index in [0.717, 1.165) is 63.1 Å². The van der Waals surface area contributed by atoms with E-state index in [-0.39, 0.29) is 0 Å². The van der Waals surface area contributed by atoms with Gasteiger partial charge in [0.2, 0.25) is 0 Å². The Bertz CT molecular complexity index is 492. The maximum Gasteiger partial charge on any atom is 0.191 e. The number of rotatable bonds is 11. The van der Waals surface area contributed by atoms with E-state index >= 15 is 0 Å². The second-order valence-electron chi connectivity index (χ2n) is 5.18.